The molecule has 5 nitrogen and oxygen atoms in total. The molecule has 1 aliphatic rings. The molecule has 0 saturated carbocycles. The molecule has 0 unspecified atom stereocenters. The van der Waals surface area contributed by atoms with Gasteiger partial charge >= 0.3 is 0 Å². The third-order valence-corrected chi connectivity index (χ3v) is 3.45. The van der Waals surface area contributed by atoms with Gasteiger partial charge in [-0.1, -0.05) is 11.6 Å². The van der Waals surface area contributed by atoms with Gasteiger partial charge in [-0.2, -0.15) is 5.10 Å². The number of carbonyl (C=O) groups excluding carboxylic acids is 1. The van der Waals surface area contributed by atoms with Gasteiger partial charge in [0, 0.05) is 23.7 Å². The third-order valence-electron chi connectivity index (χ3n) is 3.23. The topological polar surface area (TPSA) is 72.9 Å². The number of hydrogen-bond acceptors (Lipinski definition) is 3. The number of rotatable bonds is 2. The molecule has 2 heterocycles. The first-order valence-corrected chi connectivity index (χ1v) is 6.50. The molecule has 3 N–H and O–H groups in total. The standard InChI is InChI=1S/C13H12ClFN4O/c14-8-3-7(4-9(15)5-8)12-11(13(16)20)10-6-17-1-2-19(10)18-12/h3-5,17H,1-2,6H2,(H2,16,20). The van der Waals surface area contributed by atoms with Crippen LogP contribution in [-0.4, -0.2) is 22.2 Å². The second-order valence-electron chi connectivity index (χ2n) is 4.59. The van der Waals surface area contributed by atoms with Crippen LogP contribution in [0.25, 0.3) is 11.3 Å². The summed E-state index contributed by atoms with van der Waals surface area (Å²) in [5.41, 5.74) is 7.31. The van der Waals surface area contributed by atoms with Crippen molar-refractivity contribution < 1.29 is 9.18 Å². The summed E-state index contributed by atoms with van der Waals surface area (Å²) in [7, 11) is 0. The zero-order chi connectivity index (χ0) is 14.3. The molecule has 20 heavy (non-hydrogen) atoms. The van der Waals surface area contributed by atoms with Crippen LogP contribution in [0.15, 0.2) is 18.2 Å². The van der Waals surface area contributed by atoms with E-state index in [0.29, 0.717) is 29.9 Å². The fourth-order valence-corrected chi connectivity index (χ4v) is 2.63. The molecule has 1 aromatic carbocycles. The van der Waals surface area contributed by atoms with Crippen LogP contribution in [0.4, 0.5) is 4.39 Å². The number of nitrogens with one attached hydrogen (secondary N) is 1. The van der Waals surface area contributed by atoms with Crippen LogP contribution in [0.3, 0.4) is 0 Å². The minimum atomic E-state index is -0.578. The van der Waals surface area contributed by atoms with Crippen molar-refractivity contribution in [3.63, 3.8) is 0 Å². The maximum absolute atomic E-state index is 13.5. The smallest absolute Gasteiger partial charge is 0.252 e. The van der Waals surface area contributed by atoms with E-state index in [1.165, 1.54) is 12.1 Å². The van der Waals surface area contributed by atoms with Gasteiger partial charge in [-0.3, -0.25) is 9.48 Å². The van der Waals surface area contributed by atoms with Crippen LogP contribution in [0.1, 0.15) is 16.1 Å². The number of carbonyl (C=O) groups is 1. The molecule has 3 rings (SSSR count). The molecule has 0 radical (unpaired) electrons. The number of nitrogens with two attached hydrogens (primary N) is 1. The zero-order valence-electron chi connectivity index (χ0n) is 10.5. The Bertz CT molecular complexity index is 678. The Hall–Kier alpha value is -1.92. The van der Waals surface area contributed by atoms with Gasteiger partial charge in [-0.05, 0) is 18.2 Å². The van der Waals surface area contributed by atoms with Gasteiger partial charge in [0.1, 0.15) is 11.5 Å². The van der Waals surface area contributed by atoms with Crippen LogP contribution < -0.4 is 11.1 Å². The minimum absolute atomic E-state index is 0.250. The molecule has 1 aromatic heterocycles. The van der Waals surface area contributed by atoms with Crippen molar-refractivity contribution in [1.82, 2.24) is 15.1 Å². The number of primary amides is 1. The SMILES string of the molecule is NC(=O)c1c(-c2cc(F)cc(Cl)c2)nn2c1CNCC2. The summed E-state index contributed by atoms with van der Waals surface area (Å²) in [6, 6.07) is 4.06. The number of halogens is 2. The Balaban J connectivity index is 2.22. The van der Waals surface area contributed by atoms with Crippen LogP contribution >= 0.6 is 11.6 Å². The lowest BCUT2D eigenvalue weighted by molar-refractivity contribution is 0.0999. The van der Waals surface area contributed by atoms with Crippen LogP contribution in [0.5, 0.6) is 0 Å². The predicted octanol–water partition coefficient (Wildman–Crippen LogP) is 1.54. The van der Waals surface area contributed by atoms with Crippen molar-refractivity contribution in [2.45, 2.75) is 13.1 Å². The molecule has 0 bridgehead atoms. The molecule has 1 amide bonds. The van der Waals surface area contributed by atoms with E-state index >= 15 is 0 Å². The molecule has 0 spiro atoms. The van der Waals surface area contributed by atoms with E-state index in [4.69, 9.17) is 17.3 Å². The largest absolute Gasteiger partial charge is 0.365 e. The van der Waals surface area contributed by atoms with Gasteiger partial charge in [0.05, 0.1) is 17.8 Å². The van der Waals surface area contributed by atoms with Crippen molar-refractivity contribution in [3.8, 4) is 11.3 Å². The third kappa shape index (κ3) is 2.17. The maximum atomic E-state index is 13.5. The summed E-state index contributed by atoms with van der Waals surface area (Å²) in [6.45, 7) is 1.91. The Morgan fingerprint density at radius 2 is 2.25 bits per heavy atom. The quantitative estimate of drug-likeness (QED) is 0.882. The van der Waals surface area contributed by atoms with E-state index in [-0.39, 0.29) is 5.02 Å². The fourth-order valence-electron chi connectivity index (χ4n) is 2.40. The summed E-state index contributed by atoms with van der Waals surface area (Å²) in [5.74, 6) is -1.06. The molecular weight excluding hydrogens is 283 g/mol. The Labute approximate surface area is 119 Å². The molecular formula is C13H12ClFN4O. The van der Waals surface area contributed by atoms with E-state index in [2.05, 4.69) is 10.4 Å². The molecule has 0 aliphatic carbocycles. The highest BCUT2D eigenvalue weighted by atomic mass is 35.5. The van der Waals surface area contributed by atoms with Crippen molar-refractivity contribution in [3.05, 3.63) is 40.3 Å². The van der Waals surface area contributed by atoms with Gasteiger partial charge in [-0.25, -0.2) is 4.39 Å². The van der Waals surface area contributed by atoms with Gasteiger partial charge in [-0.15, -0.1) is 0 Å². The number of nitrogens with zero attached hydrogens (tertiary/aromatic N) is 2. The number of fused-ring (bicyclic) bond motifs is 1. The van der Waals surface area contributed by atoms with E-state index in [1.807, 2.05) is 0 Å². The first kappa shape index (κ1) is 13.1. The van der Waals surface area contributed by atoms with Gasteiger partial charge < -0.3 is 11.1 Å². The van der Waals surface area contributed by atoms with Gasteiger partial charge in [0.15, 0.2) is 0 Å². The van der Waals surface area contributed by atoms with E-state index < -0.39 is 11.7 Å². The van der Waals surface area contributed by atoms with Crippen LogP contribution in [0.2, 0.25) is 5.02 Å². The summed E-state index contributed by atoms with van der Waals surface area (Å²) in [6.07, 6.45) is 0. The minimum Gasteiger partial charge on any atom is -0.365 e. The average molecular weight is 295 g/mol. The van der Waals surface area contributed by atoms with E-state index in [1.54, 1.807) is 10.7 Å². The van der Waals surface area contributed by atoms with Crippen LogP contribution in [-0.2, 0) is 13.1 Å². The Kier molecular flexibility index (Phi) is 3.19. The lowest BCUT2D eigenvalue weighted by atomic mass is 10.0. The predicted molar refractivity (Wildman–Crippen MR) is 72.9 cm³/mol. The average Bonchev–Trinajstić information content (AvgIpc) is 2.76. The van der Waals surface area contributed by atoms with Crippen molar-refractivity contribution >= 4 is 17.5 Å². The lowest BCUT2D eigenvalue weighted by Gasteiger charge is -2.15. The maximum Gasteiger partial charge on any atom is 0.252 e. The highest BCUT2D eigenvalue weighted by molar-refractivity contribution is 6.30. The summed E-state index contributed by atoms with van der Waals surface area (Å²) >= 11 is 5.86. The van der Waals surface area contributed by atoms with Gasteiger partial charge in [0.2, 0.25) is 0 Å². The second-order valence-corrected chi connectivity index (χ2v) is 5.03. The highest BCUT2D eigenvalue weighted by Gasteiger charge is 2.24. The van der Waals surface area contributed by atoms with Crippen molar-refractivity contribution in [2.24, 2.45) is 5.73 Å². The van der Waals surface area contributed by atoms with Crippen LogP contribution in [0, 0.1) is 5.82 Å². The molecule has 0 saturated heterocycles. The molecule has 0 atom stereocenters. The molecule has 104 valence electrons. The van der Waals surface area contributed by atoms with E-state index in [0.717, 1.165) is 12.2 Å². The number of aromatic nitrogens is 2. The second kappa shape index (κ2) is 4.88. The number of amides is 1. The molecule has 7 heteroatoms. The monoisotopic (exact) mass is 294 g/mol. The van der Waals surface area contributed by atoms with Crippen molar-refractivity contribution in [1.29, 1.82) is 0 Å². The Morgan fingerprint density at radius 3 is 2.95 bits per heavy atom. The number of hydrogen-bond donors (Lipinski definition) is 2. The highest BCUT2D eigenvalue weighted by Crippen LogP contribution is 2.29. The van der Waals surface area contributed by atoms with Crippen molar-refractivity contribution in [2.75, 3.05) is 6.54 Å². The zero-order valence-corrected chi connectivity index (χ0v) is 11.2. The Morgan fingerprint density at radius 1 is 1.45 bits per heavy atom. The fraction of sp³-hybridized carbons (Fsp3) is 0.231. The molecule has 2 aromatic rings. The molecule has 1 aliphatic heterocycles. The first-order chi connectivity index (χ1) is 9.56. The van der Waals surface area contributed by atoms with E-state index in [9.17, 15) is 9.18 Å². The van der Waals surface area contributed by atoms with Gasteiger partial charge in [0.25, 0.3) is 5.91 Å². The summed E-state index contributed by atoms with van der Waals surface area (Å²) in [5, 5.41) is 7.78. The lowest BCUT2D eigenvalue weighted by Crippen LogP contribution is -2.30. The first-order valence-electron chi connectivity index (χ1n) is 6.13. The summed E-state index contributed by atoms with van der Waals surface area (Å²) in [4.78, 5) is 11.7. The number of benzene rings is 1. The summed E-state index contributed by atoms with van der Waals surface area (Å²) < 4.78 is 15.2. The molecule has 0 fully saturated rings. The normalized spacial score (nSPS) is 14.1.